The van der Waals surface area contributed by atoms with Gasteiger partial charge in [-0.15, -0.1) is 16.1 Å². The molecule has 0 amide bonds. The number of nitrogens with zero attached hydrogens (tertiary/aromatic N) is 6. The largest absolute Gasteiger partial charge is 0.291 e. The Bertz CT molecular complexity index is 1280. The summed E-state index contributed by atoms with van der Waals surface area (Å²) >= 11 is 0. The minimum atomic E-state index is -0.0184. The molecule has 2 heterocycles. The van der Waals surface area contributed by atoms with Gasteiger partial charge in [0.1, 0.15) is 5.82 Å². The Labute approximate surface area is 192 Å². The second kappa shape index (κ2) is 10.5. The van der Waals surface area contributed by atoms with Crippen molar-refractivity contribution in [2.24, 2.45) is 0 Å². The lowest BCUT2D eigenvalue weighted by Gasteiger charge is -2.09. The molecule has 0 radical (unpaired) electrons. The number of carbonyl (C=O) groups excluding carboxylic acids is 1. The molecule has 0 bridgehead atoms. The van der Waals surface area contributed by atoms with Crippen molar-refractivity contribution in [3.8, 4) is 34.4 Å². The number of nitrogens with one attached hydrogen (secondary N) is 1. The molecule has 1 N–H and O–H groups in total. The number of aromatic nitrogens is 7. The van der Waals surface area contributed by atoms with Crippen LogP contribution in [0.4, 0.5) is 0 Å². The van der Waals surface area contributed by atoms with E-state index >= 15 is 0 Å². The number of aromatic amines is 1. The fourth-order valence-electron chi connectivity index (χ4n) is 3.54. The average molecular weight is 440 g/mol. The molecule has 0 atom stereocenters. The Hall–Kier alpha value is -4.12. The SMILES string of the molecule is CC#CCc1nc(C(=O)CCCC)nn1Cc1ccc(-c2ccccc2-c2nnn[nH]2)cc1. The van der Waals surface area contributed by atoms with Gasteiger partial charge >= 0.3 is 0 Å². The van der Waals surface area contributed by atoms with E-state index in [1.165, 1.54) is 0 Å². The Balaban J connectivity index is 1.58. The highest BCUT2D eigenvalue weighted by Gasteiger charge is 2.16. The third-order valence-electron chi connectivity index (χ3n) is 5.30. The maximum Gasteiger partial charge on any atom is 0.217 e. The van der Waals surface area contributed by atoms with E-state index in [0.717, 1.165) is 35.1 Å². The van der Waals surface area contributed by atoms with Gasteiger partial charge in [-0.25, -0.2) is 14.8 Å². The number of tetrazole rings is 1. The molecule has 0 aliphatic heterocycles. The number of carbonyl (C=O) groups is 1. The summed E-state index contributed by atoms with van der Waals surface area (Å²) in [5.41, 5.74) is 4.07. The first-order valence-electron chi connectivity index (χ1n) is 11.0. The van der Waals surface area contributed by atoms with Crippen molar-refractivity contribution >= 4 is 5.78 Å². The lowest BCUT2D eigenvalue weighted by atomic mass is 9.98. The number of unbranched alkanes of at least 4 members (excludes halogenated alkanes) is 1. The summed E-state index contributed by atoms with van der Waals surface area (Å²) in [5.74, 6) is 7.51. The van der Waals surface area contributed by atoms with Crippen molar-refractivity contribution in [1.29, 1.82) is 0 Å². The molecule has 0 aliphatic rings. The summed E-state index contributed by atoms with van der Waals surface area (Å²) in [6, 6.07) is 16.2. The maximum absolute atomic E-state index is 12.4. The van der Waals surface area contributed by atoms with Crippen LogP contribution in [0.1, 0.15) is 55.1 Å². The van der Waals surface area contributed by atoms with Crippen molar-refractivity contribution < 1.29 is 4.79 Å². The maximum atomic E-state index is 12.4. The van der Waals surface area contributed by atoms with Crippen LogP contribution in [-0.2, 0) is 13.0 Å². The van der Waals surface area contributed by atoms with Gasteiger partial charge in [-0.2, -0.15) is 0 Å². The quantitative estimate of drug-likeness (QED) is 0.311. The normalized spacial score (nSPS) is 10.6. The summed E-state index contributed by atoms with van der Waals surface area (Å²) in [7, 11) is 0. The molecular formula is C25H25N7O. The zero-order chi connectivity index (χ0) is 23.0. The van der Waals surface area contributed by atoms with Gasteiger partial charge in [0.2, 0.25) is 11.6 Å². The fraction of sp³-hybridized carbons (Fsp3) is 0.280. The summed E-state index contributed by atoms with van der Waals surface area (Å²) in [6.45, 7) is 4.37. The monoisotopic (exact) mass is 439 g/mol. The van der Waals surface area contributed by atoms with Crippen molar-refractivity contribution in [2.45, 2.75) is 46.1 Å². The van der Waals surface area contributed by atoms with E-state index in [2.05, 4.69) is 73.7 Å². The van der Waals surface area contributed by atoms with Crippen LogP contribution in [0.2, 0.25) is 0 Å². The molecule has 0 fully saturated rings. The first-order chi connectivity index (χ1) is 16.2. The van der Waals surface area contributed by atoms with Crippen LogP contribution < -0.4 is 0 Å². The number of rotatable bonds is 9. The van der Waals surface area contributed by atoms with E-state index in [1.54, 1.807) is 11.6 Å². The number of ketones is 1. The molecular weight excluding hydrogens is 414 g/mol. The third kappa shape index (κ3) is 5.21. The summed E-state index contributed by atoms with van der Waals surface area (Å²) in [4.78, 5) is 16.9. The number of Topliss-reactive ketones (excluding diaryl/α,β-unsaturated/α-hetero) is 1. The van der Waals surface area contributed by atoms with Crippen LogP contribution in [0.15, 0.2) is 48.5 Å². The van der Waals surface area contributed by atoms with Gasteiger partial charge in [0.25, 0.3) is 0 Å². The van der Waals surface area contributed by atoms with Crippen LogP contribution in [-0.4, -0.2) is 41.2 Å². The van der Waals surface area contributed by atoms with E-state index in [9.17, 15) is 4.79 Å². The summed E-state index contributed by atoms with van der Waals surface area (Å²) < 4.78 is 1.78. The predicted octanol–water partition coefficient (Wildman–Crippen LogP) is 4.11. The Morgan fingerprint density at radius 3 is 2.58 bits per heavy atom. The minimum Gasteiger partial charge on any atom is -0.291 e. The minimum absolute atomic E-state index is 0.0184. The molecule has 0 saturated heterocycles. The van der Waals surface area contributed by atoms with Gasteiger partial charge in [-0.05, 0) is 40.5 Å². The molecule has 0 unspecified atom stereocenters. The second-order valence-electron chi connectivity index (χ2n) is 7.63. The van der Waals surface area contributed by atoms with Gasteiger partial charge in [-0.3, -0.25) is 4.79 Å². The topological polar surface area (TPSA) is 102 Å². The molecule has 0 spiro atoms. The molecule has 166 valence electrons. The van der Waals surface area contributed by atoms with Gasteiger partial charge < -0.3 is 0 Å². The zero-order valence-electron chi connectivity index (χ0n) is 18.7. The summed E-state index contributed by atoms with van der Waals surface area (Å²) in [5, 5.41) is 18.7. The van der Waals surface area contributed by atoms with Crippen LogP contribution >= 0.6 is 0 Å². The van der Waals surface area contributed by atoms with Gasteiger partial charge in [0.15, 0.2) is 5.82 Å². The highest BCUT2D eigenvalue weighted by molar-refractivity contribution is 5.92. The van der Waals surface area contributed by atoms with E-state index in [1.807, 2.05) is 24.3 Å². The standard InChI is InChI=1S/C25H25N7O/c1-3-5-11-22(33)25-26-23(12-6-4-2)32(29-25)17-18-13-15-19(16-14-18)20-9-7-8-10-21(20)24-27-30-31-28-24/h7-10,13-16H,3,5,11-12,17H2,1-2H3,(H,27,28,30,31). The highest BCUT2D eigenvalue weighted by Crippen LogP contribution is 2.29. The van der Waals surface area contributed by atoms with Crippen LogP contribution in [0.25, 0.3) is 22.5 Å². The van der Waals surface area contributed by atoms with Crippen molar-refractivity contribution in [2.75, 3.05) is 0 Å². The van der Waals surface area contributed by atoms with E-state index in [-0.39, 0.29) is 11.6 Å². The molecule has 4 rings (SSSR count). The molecule has 8 nitrogen and oxygen atoms in total. The van der Waals surface area contributed by atoms with Gasteiger partial charge in [-0.1, -0.05) is 67.8 Å². The van der Waals surface area contributed by atoms with E-state index in [0.29, 0.717) is 31.0 Å². The molecule has 33 heavy (non-hydrogen) atoms. The van der Waals surface area contributed by atoms with Gasteiger partial charge in [0.05, 0.1) is 13.0 Å². The Kier molecular flexibility index (Phi) is 7.00. The third-order valence-corrected chi connectivity index (χ3v) is 5.30. The van der Waals surface area contributed by atoms with Crippen LogP contribution in [0.5, 0.6) is 0 Å². The first-order valence-corrected chi connectivity index (χ1v) is 11.0. The number of benzene rings is 2. The van der Waals surface area contributed by atoms with Crippen molar-refractivity contribution in [3.05, 3.63) is 65.7 Å². The molecule has 0 aliphatic carbocycles. The molecule has 2 aromatic carbocycles. The van der Waals surface area contributed by atoms with Crippen molar-refractivity contribution in [3.63, 3.8) is 0 Å². The summed E-state index contributed by atoms with van der Waals surface area (Å²) in [6.07, 6.45) is 2.73. The number of H-pyrrole nitrogens is 1. The van der Waals surface area contributed by atoms with E-state index < -0.39 is 0 Å². The highest BCUT2D eigenvalue weighted by atomic mass is 16.1. The molecule has 4 aromatic rings. The van der Waals surface area contributed by atoms with E-state index in [4.69, 9.17) is 0 Å². The molecule has 8 heteroatoms. The second-order valence-corrected chi connectivity index (χ2v) is 7.63. The lowest BCUT2D eigenvalue weighted by Crippen LogP contribution is -2.07. The Morgan fingerprint density at radius 2 is 1.88 bits per heavy atom. The molecule has 0 saturated carbocycles. The smallest absolute Gasteiger partial charge is 0.217 e. The number of hydrogen-bond donors (Lipinski definition) is 1. The fourth-order valence-corrected chi connectivity index (χ4v) is 3.54. The Morgan fingerprint density at radius 1 is 1.09 bits per heavy atom. The predicted molar refractivity (Wildman–Crippen MR) is 125 cm³/mol. The average Bonchev–Trinajstić information content (AvgIpc) is 3.52. The lowest BCUT2D eigenvalue weighted by molar-refractivity contribution is 0.0969. The zero-order valence-corrected chi connectivity index (χ0v) is 18.7. The first kappa shape index (κ1) is 22.1. The number of hydrogen-bond acceptors (Lipinski definition) is 6. The molecule has 2 aromatic heterocycles. The van der Waals surface area contributed by atoms with Crippen LogP contribution in [0, 0.1) is 11.8 Å². The van der Waals surface area contributed by atoms with Gasteiger partial charge in [0, 0.05) is 12.0 Å². The van der Waals surface area contributed by atoms with Crippen molar-refractivity contribution in [1.82, 2.24) is 35.4 Å². The van der Waals surface area contributed by atoms with Crippen LogP contribution in [0.3, 0.4) is 0 Å².